The molecular formula is C10H19ClN2O2. The van der Waals surface area contributed by atoms with Crippen LogP contribution in [0.4, 0.5) is 0 Å². The highest BCUT2D eigenvalue weighted by Crippen LogP contribution is 2.26. The molecule has 1 heterocycles. The molecule has 1 aliphatic carbocycles. The predicted molar refractivity (Wildman–Crippen MR) is 60.0 cm³/mol. The third-order valence-corrected chi connectivity index (χ3v) is 3.15. The lowest BCUT2D eigenvalue weighted by Crippen LogP contribution is -2.43. The molecule has 2 N–H and O–H groups in total. The van der Waals surface area contributed by atoms with Gasteiger partial charge in [-0.15, -0.1) is 12.4 Å². The van der Waals surface area contributed by atoms with Crippen LogP contribution in [0.3, 0.4) is 0 Å². The molecule has 5 heteroatoms. The van der Waals surface area contributed by atoms with Crippen molar-refractivity contribution in [2.45, 2.75) is 25.3 Å². The molecule has 1 amide bonds. The first-order chi connectivity index (χ1) is 6.77. The normalized spacial score (nSPS) is 31.1. The van der Waals surface area contributed by atoms with Crippen LogP contribution in [0.5, 0.6) is 0 Å². The van der Waals surface area contributed by atoms with Crippen LogP contribution in [0.1, 0.15) is 19.3 Å². The minimum atomic E-state index is 0. The van der Waals surface area contributed by atoms with Gasteiger partial charge in [-0.2, -0.15) is 0 Å². The average molecular weight is 235 g/mol. The molecule has 15 heavy (non-hydrogen) atoms. The van der Waals surface area contributed by atoms with Gasteiger partial charge in [0.2, 0.25) is 5.91 Å². The smallest absolute Gasteiger partial charge is 0.225 e. The van der Waals surface area contributed by atoms with Crippen LogP contribution in [0.25, 0.3) is 0 Å². The zero-order valence-corrected chi connectivity index (χ0v) is 9.67. The second kappa shape index (κ2) is 5.68. The zero-order chi connectivity index (χ0) is 9.97. The van der Waals surface area contributed by atoms with Crippen molar-refractivity contribution in [3.8, 4) is 0 Å². The Labute approximate surface area is 96.5 Å². The summed E-state index contributed by atoms with van der Waals surface area (Å²) in [5.41, 5.74) is 5.80. The third kappa shape index (κ3) is 3.06. The summed E-state index contributed by atoms with van der Waals surface area (Å²) in [6.45, 7) is 2.88. The van der Waals surface area contributed by atoms with Gasteiger partial charge in [0.05, 0.1) is 13.2 Å². The molecule has 0 aromatic carbocycles. The van der Waals surface area contributed by atoms with Gasteiger partial charge in [0.25, 0.3) is 0 Å². The Hall–Kier alpha value is -0.320. The Kier molecular flexibility index (Phi) is 4.83. The molecule has 0 unspecified atom stereocenters. The third-order valence-electron chi connectivity index (χ3n) is 3.15. The van der Waals surface area contributed by atoms with Crippen LogP contribution in [0.15, 0.2) is 0 Å². The number of hydrogen-bond donors (Lipinski definition) is 1. The molecule has 2 rings (SSSR count). The van der Waals surface area contributed by atoms with E-state index in [1.807, 2.05) is 4.90 Å². The molecule has 4 nitrogen and oxygen atoms in total. The standard InChI is InChI=1S/C10H18N2O2.ClH/c11-9-2-1-8(7-9)10(13)12-3-5-14-6-4-12;/h8-9H,1-7,11H2;1H/t8-,9+;/m1./s1. The van der Waals surface area contributed by atoms with Gasteiger partial charge in [-0.25, -0.2) is 0 Å². The van der Waals surface area contributed by atoms with Crippen molar-refractivity contribution in [1.82, 2.24) is 4.90 Å². The number of morpholine rings is 1. The lowest BCUT2D eigenvalue weighted by Gasteiger charge is -2.29. The monoisotopic (exact) mass is 234 g/mol. The van der Waals surface area contributed by atoms with Gasteiger partial charge in [0.15, 0.2) is 0 Å². The number of nitrogens with zero attached hydrogens (tertiary/aromatic N) is 1. The first kappa shape index (κ1) is 12.7. The van der Waals surface area contributed by atoms with Crippen molar-refractivity contribution >= 4 is 18.3 Å². The fourth-order valence-electron chi connectivity index (χ4n) is 2.28. The minimum absolute atomic E-state index is 0. The first-order valence-corrected chi connectivity index (χ1v) is 5.39. The van der Waals surface area contributed by atoms with E-state index in [9.17, 15) is 4.79 Å². The molecule has 2 atom stereocenters. The molecular weight excluding hydrogens is 216 g/mol. The van der Waals surface area contributed by atoms with E-state index in [-0.39, 0.29) is 24.4 Å². The van der Waals surface area contributed by atoms with Crippen molar-refractivity contribution in [1.29, 1.82) is 0 Å². The van der Waals surface area contributed by atoms with Gasteiger partial charge in [-0.05, 0) is 19.3 Å². The van der Waals surface area contributed by atoms with Crippen LogP contribution >= 0.6 is 12.4 Å². The van der Waals surface area contributed by atoms with Crippen LogP contribution < -0.4 is 5.73 Å². The highest BCUT2D eigenvalue weighted by atomic mass is 35.5. The number of halogens is 1. The van der Waals surface area contributed by atoms with Crippen molar-refractivity contribution in [2.24, 2.45) is 11.7 Å². The Bertz CT molecular complexity index is 213. The van der Waals surface area contributed by atoms with E-state index < -0.39 is 0 Å². The maximum atomic E-state index is 12.0. The molecule has 1 aliphatic heterocycles. The van der Waals surface area contributed by atoms with Crippen LogP contribution in [-0.2, 0) is 9.53 Å². The van der Waals surface area contributed by atoms with Crippen LogP contribution in [0.2, 0.25) is 0 Å². The number of ether oxygens (including phenoxy) is 1. The summed E-state index contributed by atoms with van der Waals surface area (Å²) in [7, 11) is 0. The van der Waals surface area contributed by atoms with Crippen LogP contribution in [0, 0.1) is 5.92 Å². The summed E-state index contributed by atoms with van der Waals surface area (Å²) < 4.78 is 5.22. The zero-order valence-electron chi connectivity index (χ0n) is 8.85. The molecule has 1 saturated carbocycles. The molecule has 2 aliphatic rings. The lowest BCUT2D eigenvalue weighted by atomic mass is 10.1. The maximum absolute atomic E-state index is 12.0. The fourth-order valence-corrected chi connectivity index (χ4v) is 2.28. The number of carbonyl (C=O) groups excluding carboxylic acids is 1. The minimum Gasteiger partial charge on any atom is -0.378 e. The maximum Gasteiger partial charge on any atom is 0.225 e. The lowest BCUT2D eigenvalue weighted by molar-refractivity contribution is -0.139. The van der Waals surface area contributed by atoms with Gasteiger partial charge in [0.1, 0.15) is 0 Å². The van der Waals surface area contributed by atoms with Gasteiger partial charge in [0, 0.05) is 25.0 Å². The quantitative estimate of drug-likeness (QED) is 0.715. The number of amides is 1. The molecule has 0 aromatic rings. The topological polar surface area (TPSA) is 55.6 Å². The van der Waals surface area contributed by atoms with E-state index in [2.05, 4.69) is 0 Å². The average Bonchev–Trinajstić information content (AvgIpc) is 2.65. The summed E-state index contributed by atoms with van der Waals surface area (Å²) in [5.74, 6) is 0.476. The highest BCUT2D eigenvalue weighted by Gasteiger charge is 2.31. The number of carbonyl (C=O) groups is 1. The molecule has 1 saturated heterocycles. The van der Waals surface area contributed by atoms with Gasteiger partial charge < -0.3 is 15.4 Å². The van der Waals surface area contributed by atoms with Gasteiger partial charge in [-0.3, -0.25) is 4.79 Å². The number of rotatable bonds is 1. The molecule has 0 spiro atoms. The molecule has 0 aromatic heterocycles. The first-order valence-electron chi connectivity index (χ1n) is 5.39. The summed E-state index contributed by atoms with van der Waals surface area (Å²) >= 11 is 0. The van der Waals surface area contributed by atoms with Crippen LogP contribution in [-0.4, -0.2) is 43.2 Å². The SMILES string of the molecule is Cl.N[C@H]1CC[C@@H](C(=O)N2CCOCC2)C1. The summed E-state index contributed by atoms with van der Waals surface area (Å²) in [5, 5.41) is 0. The van der Waals surface area contributed by atoms with Gasteiger partial charge in [-0.1, -0.05) is 0 Å². The van der Waals surface area contributed by atoms with Crippen molar-refractivity contribution in [3.05, 3.63) is 0 Å². The van der Waals surface area contributed by atoms with E-state index in [0.717, 1.165) is 32.4 Å². The molecule has 88 valence electrons. The van der Waals surface area contributed by atoms with Crippen molar-refractivity contribution in [3.63, 3.8) is 0 Å². The largest absolute Gasteiger partial charge is 0.378 e. The van der Waals surface area contributed by atoms with E-state index >= 15 is 0 Å². The second-order valence-electron chi connectivity index (χ2n) is 4.21. The predicted octanol–water partition coefficient (Wildman–Crippen LogP) is 0.394. The van der Waals surface area contributed by atoms with Gasteiger partial charge >= 0.3 is 0 Å². The highest BCUT2D eigenvalue weighted by molar-refractivity contribution is 5.85. The fraction of sp³-hybridized carbons (Fsp3) is 0.900. The molecule has 0 radical (unpaired) electrons. The number of nitrogens with two attached hydrogens (primary N) is 1. The Morgan fingerprint density at radius 3 is 2.47 bits per heavy atom. The summed E-state index contributed by atoms with van der Waals surface area (Å²) in [6.07, 6.45) is 2.84. The Balaban J connectivity index is 0.00000112. The molecule has 2 fully saturated rings. The second-order valence-corrected chi connectivity index (χ2v) is 4.21. The van der Waals surface area contributed by atoms with Crippen molar-refractivity contribution in [2.75, 3.05) is 26.3 Å². The van der Waals surface area contributed by atoms with E-state index in [1.54, 1.807) is 0 Å². The summed E-state index contributed by atoms with van der Waals surface area (Å²) in [4.78, 5) is 13.9. The van der Waals surface area contributed by atoms with E-state index in [4.69, 9.17) is 10.5 Å². The number of hydrogen-bond acceptors (Lipinski definition) is 3. The van der Waals surface area contributed by atoms with Crippen molar-refractivity contribution < 1.29 is 9.53 Å². The summed E-state index contributed by atoms with van der Waals surface area (Å²) in [6, 6.07) is 0.241. The van der Waals surface area contributed by atoms with E-state index in [1.165, 1.54) is 0 Å². The Morgan fingerprint density at radius 1 is 1.27 bits per heavy atom. The Morgan fingerprint density at radius 2 is 1.93 bits per heavy atom. The molecule has 0 bridgehead atoms. The van der Waals surface area contributed by atoms with E-state index in [0.29, 0.717) is 19.1 Å².